The smallest absolute Gasteiger partial charge is 0.320 e. The van der Waals surface area contributed by atoms with Crippen LogP contribution in [0.5, 0.6) is 0 Å². The molecule has 0 aliphatic carbocycles. The number of aromatic nitrogens is 1. The number of urea groups is 1. The van der Waals surface area contributed by atoms with Gasteiger partial charge in [0.1, 0.15) is 5.76 Å². The van der Waals surface area contributed by atoms with Crippen LogP contribution >= 0.6 is 23.4 Å². The fourth-order valence-corrected chi connectivity index (χ4v) is 3.54. The monoisotopic (exact) mass is 323 g/mol. The van der Waals surface area contributed by atoms with Gasteiger partial charge in [-0.1, -0.05) is 16.8 Å². The summed E-state index contributed by atoms with van der Waals surface area (Å²) in [5.41, 5.74) is 1.06. The predicted octanol–water partition coefficient (Wildman–Crippen LogP) is 4.00. The Morgan fingerprint density at radius 2 is 2.33 bits per heavy atom. The highest BCUT2D eigenvalue weighted by molar-refractivity contribution is 7.99. The molecule has 0 fully saturated rings. The van der Waals surface area contributed by atoms with E-state index in [0.717, 1.165) is 22.6 Å². The molecule has 1 atom stereocenters. The average molecular weight is 324 g/mol. The summed E-state index contributed by atoms with van der Waals surface area (Å²) in [5.74, 6) is 2.01. The number of hydrogen-bond donors (Lipinski definition) is 2. The summed E-state index contributed by atoms with van der Waals surface area (Å²) in [7, 11) is 0. The van der Waals surface area contributed by atoms with Crippen molar-refractivity contribution in [3.05, 3.63) is 40.6 Å². The Morgan fingerprint density at radius 3 is 3.10 bits per heavy atom. The number of amides is 2. The third-order valence-electron chi connectivity index (χ3n) is 3.19. The molecular formula is C14H14ClN3O2S. The molecule has 0 bridgehead atoms. The predicted molar refractivity (Wildman–Crippen MR) is 82.9 cm³/mol. The van der Waals surface area contributed by atoms with E-state index in [2.05, 4.69) is 15.8 Å². The van der Waals surface area contributed by atoms with Crippen molar-refractivity contribution in [1.82, 2.24) is 10.5 Å². The van der Waals surface area contributed by atoms with Gasteiger partial charge in [-0.3, -0.25) is 5.32 Å². The number of benzene rings is 1. The fourth-order valence-electron chi connectivity index (χ4n) is 2.25. The van der Waals surface area contributed by atoms with Crippen LogP contribution in [-0.2, 0) is 0 Å². The Morgan fingerprint density at radius 1 is 1.48 bits per heavy atom. The topological polar surface area (TPSA) is 67.2 Å². The molecule has 2 N–H and O–H groups in total. The lowest BCUT2D eigenvalue weighted by molar-refractivity contribution is 0.247. The summed E-state index contributed by atoms with van der Waals surface area (Å²) in [5, 5.41) is 10.0. The summed E-state index contributed by atoms with van der Waals surface area (Å²) in [6, 6.07) is 7.09. The lowest BCUT2D eigenvalue weighted by atomic mass is 10.0. The fraction of sp³-hybridized carbons (Fsp3) is 0.286. The van der Waals surface area contributed by atoms with Crippen molar-refractivity contribution in [2.45, 2.75) is 24.3 Å². The molecule has 1 aromatic carbocycles. The molecular weight excluding hydrogens is 310 g/mol. The number of nitrogens with one attached hydrogen (secondary N) is 2. The lowest BCUT2D eigenvalue weighted by Crippen LogP contribution is -2.34. The van der Waals surface area contributed by atoms with E-state index in [4.69, 9.17) is 16.1 Å². The van der Waals surface area contributed by atoms with Gasteiger partial charge in [0.2, 0.25) is 0 Å². The molecule has 0 radical (unpaired) electrons. The van der Waals surface area contributed by atoms with Gasteiger partial charge in [0.15, 0.2) is 5.82 Å². The summed E-state index contributed by atoms with van der Waals surface area (Å²) in [6.07, 6.45) is 0.864. The number of carbonyl (C=O) groups excluding carboxylic acids is 1. The number of aryl methyl sites for hydroxylation is 1. The summed E-state index contributed by atoms with van der Waals surface area (Å²) < 4.78 is 4.91. The van der Waals surface area contributed by atoms with Crippen LogP contribution in [0.15, 0.2) is 33.7 Å². The van der Waals surface area contributed by atoms with E-state index < -0.39 is 0 Å². The first kappa shape index (κ1) is 14.3. The van der Waals surface area contributed by atoms with Gasteiger partial charge in [-0.15, -0.1) is 11.8 Å². The highest BCUT2D eigenvalue weighted by Crippen LogP contribution is 2.37. The molecule has 1 aliphatic rings. The zero-order chi connectivity index (χ0) is 14.8. The molecule has 5 nitrogen and oxygen atoms in total. The molecule has 1 aromatic heterocycles. The highest BCUT2D eigenvalue weighted by Gasteiger charge is 2.22. The second kappa shape index (κ2) is 5.99. The van der Waals surface area contributed by atoms with Crippen molar-refractivity contribution in [3.63, 3.8) is 0 Å². The molecule has 0 spiro atoms. The van der Waals surface area contributed by atoms with Crippen LogP contribution in [0.25, 0.3) is 0 Å². The van der Waals surface area contributed by atoms with E-state index in [0.29, 0.717) is 16.6 Å². The van der Waals surface area contributed by atoms with Gasteiger partial charge in [0.05, 0.1) is 6.04 Å². The summed E-state index contributed by atoms with van der Waals surface area (Å²) in [4.78, 5) is 13.2. The van der Waals surface area contributed by atoms with Crippen LogP contribution in [0.2, 0.25) is 5.02 Å². The van der Waals surface area contributed by atoms with Crippen LogP contribution in [0.3, 0.4) is 0 Å². The first-order valence-corrected chi connectivity index (χ1v) is 7.91. The zero-order valence-electron chi connectivity index (χ0n) is 11.4. The molecule has 2 aromatic rings. The first-order chi connectivity index (χ1) is 10.1. The maximum absolute atomic E-state index is 12.0. The zero-order valence-corrected chi connectivity index (χ0v) is 12.9. The normalized spacial score (nSPS) is 17.1. The third kappa shape index (κ3) is 3.33. The van der Waals surface area contributed by atoms with Gasteiger partial charge in [0.25, 0.3) is 0 Å². The number of fused-ring (bicyclic) bond motifs is 1. The minimum absolute atomic E-state index is 0.0482. The van der Waals surface area contributed by atoms with Gasteiger partial charge in [-0.25, -0.2) is 4.79 Å². The number of halogens is 1. The molecule has 3 rings (SSSR count). The summed E-state index contributed by atoms with van der Waals surface area (Å²) in [6.45, 7) is 1.77. The summed E-state index contributed by atoms with van der Waals surface area (Å²) >= 11 is 7.83. The first-order valence-electron chi connectivity index (χ1n) is 6.55. The number of anilines is 1. The number of rotatable bonds is 2. The Balaban J connectivity index is 1.71. The van der Waals surface area contributed by atoms with E-state index in [1.807, 2.05) is 18.2 Å². The Bertz CT molecular complexity index is 674. The standard InChI is InChI=1S/C14H14ClN3O2S/c1-8-6-13(18-20-8)17-14(19)16-11-4-5-21-12-3-2-9(15)7-10(11)12/h2-3,6-7,11H,4-5H2,1H3,(H2,16,17,18,19)/t11-/m0/s1. The van der Waals surface area contributed by atoms with E-state index in [1.165, 1.54) is 0 Å². The van der Waals surface area contributed by atoms with Gasteiger partial charge in [-0.2, -0.15) is 0 Å². The quantitative estimate of drug-likeness (QED) is 0.876. The molecule has 21 heavy (non-hydrogen) atoms. The van der Waals surface area contributed by atoms with Crippen molar-refractivity contribution < 1.29 is 9.32 Å². The largest absolute Gasteiger partial charge is 0.360 e. The van der Waals surface area contributed by atoms with Crippen molar-refractivity contribution in [2.75, 3.05) is 11.1 Å². The van der Waals surface area contributed by atoms with Crippen molar-refractivity contribution in [2.24, 2.45) is 0 Å². The van der Waals surface area contributed by atoms with Gasteiger partial charge >= 0.3 is 6.03 Å². The maximum atomic E-state index is 12.0. The molecule has 0 saturated carbocycles. The number of nitrogens with zero attached hydrogens (tertiary/aromatic N) is 1. The van der Waals surface area contributed by atoms with Crippen LogP contribution in [0, 0.1) is 6.92 Å². The van der Waals surface area contributed by atoms with Gasteiger partial charge in [0, 0.05) is 21.7 Å². The Hall–Kier alpha value is -1.66. The molecule has 110 valence electrons. The van der Waals surface area contributed by atoms with Crippen LogP contribution < -0.4 is 10.6 Å². The second-order valence-electron chi connectivity index (χ2n) is 4.79. The highest BCUT2D eigenvalue weighted by atomic mass is 35.5. The van der Waals surface area contributed by atoms with E-state index >= 15 is 0 Å². The van der Waals surface area contributed by atoms with E-state index in [-0.39, 0.29) is 12.1 Å². The SMILES string of the molecule is Cc1cc(NC(=O)N[C@H]2CCSc3ccc(Cl)cc32)no1. The van der Waals surface area contributed by atoms with Crippen LogP contribution in [0.1, 0.15) is 23.8 Å². The molecule has 1 aliphatic heterocycles. The molecule has 2 amide bonds. The van der Waals surface area contributed by atoms with Crippen molar-refractivity contribution in [3.8, 4) is 0 Å². The molecule has 2 heterocycles. The van der Waals surface area contributed by atoms with Gasteiger partial charge < -0.3 is 9.84 Å². The average Bonchev–Trinajstić information content (AvgIpc) is 2.84. The van der Waals surface area contributed by atoms with Crippen LogP contribution in [0.4, 0.5) is 10.6 Å². The van der Waals surface area contributed by atoms with Crippen LogP contribution in [-0.4, -0.2) is 16.9 Å². The third-order valence-corrected chi connectivity index (χ3v) is 4.54. The lowest BCUT2D eigenvalue weighted by Gasteiger charge is -2.26. The minimum atomic E-state index is -0.300. The van der Waals surface area contributed by atoms with Crippen molar-refractivity contribution >= 4 is 35.2 Å². The number of carbonyl (C=O) groups is 1. The Labute approximate surface area is 131 Å². The number of hydrogen-bond acceptors (Lipinski definition) is 4. The van der Waals surface area contributed by atoms with E-state index in [9.17, 15) is 4.79 Å². The molecule has 0 unspecified atom stereocenters. The Kier molecular flexibility index (Phi) is 4.07. The second-order valence-corrected chi connectivity index (χ2v) is 6.37. The molecule has 0 saturated heterocycles. The maximum Gasteiger partial charge on any atom is 0.320 e. The van der Waals surface area contributed by atoms with Gasteiger partial charge in [-0.05, 0) is 37.1 Å². The minimum Gasteiger partial charge on any atom is -0.360 e. The molecule has 7 heteroatoms. The number of thioether (sulfide) groups is 1. The van der Waals surface area contributed by atoms with Crippen molar-refractivity contribution in [1.29, 1.82) is 0 Å². The van der Waals surface area contributed by atoms with E-state index in [1.54, 1.807) is 24.8 Å².